The van der Waals surface area contributed by atoms with Crippen molar-refractivity contribution < 1.29 is 32.4 Å². The van der Waals surface area contributed by atoms with E-state index in [1.165, 1.54) is 30.3 Å². The molecular weight excluding hydrogens is 385 g/mol. The van der Waals surface area contributed by atoms with Gasteiger partial charge in [0.25, 0.3) is 11.6 Å². The summed E-state index contributed by atoms with van der Waals surface area (Å²) in [7, 11) is 0. The van der Waals surface area contributed by atoms with Gasteiger partial charge in [0.1, 0.15) is 5.75 Å². The molecule has 0 aliphatic carbocycles. The molecule has 2 aromatic carbocycles. The molecule has 0 saturated heterocycles. The summed E-state index contributed by atoms with van der Waals surface area (Å²) >= 11 is 0. The SMILES string of the molecule is O=C(COc1cccc(C(F)(F)F)c1)NNC(=O)Nc1ccc([N+](=O)[O-])cc1. The molecule has 0 aliphatic heterocycles. The number of hydrazine groups is 1. The molecule has 148 valence electrons. The fraction of sp³-hybridized carbons (Fsp3) is 0.125. The number of rotatable bonds is 5. The Morgan fingerprint density at radius 2 is 1.75 bits per heavy atom. The highest BCUT2D eigenvalue weighted by Gasteiger charge is 2.30. The second kappa shape index (κ2) is 8.70. The van der Waals surface area contributed by atoms with Crippen LogP contribution in [-0.4, -0.2) is 23.5 Å². The van der Waals surface area contributed by atoms with E-state index in [9.17, 15) is 32.9 Å². The third-order valence-corrected chi connectivity index (χ3v) is 3.18. The molecule has 0 spiro atoms. The number of benzene rings is 2. The van der Waals surface area contributed by atoms with Crippen LogP contribution in [0.4, 0.5) is 29.3 Å². The molecule has 9 nitrogen and oxygen atoms in total. The summed E-state index contributed by atoms with van der Waals surface area (Å²) < 4.78 is 42.7. The summed E-state index contributed by atoms with van der Waals surface area (Å²) in [5.74, 6) is -0.989. The average Bonchev–Trinajstić information content (AvgIpc) is 2.64. The first-order valence-electron chi connectivity index (χ1n) is 7.55. The minimum absolute atomic E-state index is 0.161. The van der Waals surface area contributed by atoms with Crippen LogP contribution in [0.2, 0.25) is 0 Å². The predicted molar refractivity (Wildman–Crippen MR) is 90.3 cm³/mol. The smallest absolute Gasteiger partial charge is 0.416 e. The van der Waals surface area contributed by atoms with E-state index in [0.717, 1.165) is 18.2 Å². The zero-order chi connectivity index (χ0) is 20.7. The van der Waals surface area contributed by atoms with Crippen molar-refractivity contribution in [2.45, 2.75) is 6.18 Å². The number of amides is 3. The van der Waals surface area contributed by atoms with Crippen molar-refractivity contribution in [1.29, 1.82) is 0 Å². The number of halogens is 3. The molecule has 0 fully saturated rings. The Morgan fingerprint density at radius 1 is 1.07 bits per heavy atom. The van der Waals surface area contributed by atoms with Crippen LogP contribution in [0.5, 0.6) is 5.75 Å². The monoisotopic (exact) mass is 398 g/mol. The first-order chi connectivity index (χ1) is 13.1. The summed E-state index contributed by atoms with van der Waals surface area (Å²) in [6, 6.07) is 8.06. The minimum atomic E-state index is -4.54. The van der Waals surface area contributed by atoms with Crippen LogP contribution in [0.3, 0.4) is 0 Å². The number of anilines is 1. The molecule has 0 bridgehead atoms. The molecule has 12 heteroatoms. The number of hydrogen-bond acceptors (Lipinski definition) is 5. The van der Waals surface area contributed by atoms with E-state index >= 15 is 0 Å². The second-order valence-corrected chi connectivity index (χ2v) is 5.25. The molecule has 0 heterocycles. The van der Waals surface area contributed by atoms with Crippen molar-refractivity contribution in [2.75, 3.05) is 11.9 Å². The van der Waals surface area contributed by atoms with E-state index in [4.69, 9.17) is 4.74 Å². The van der Waals surface area contributed by atoms with Crippen LogP contribution < -0.4 is 20.9 Å². The highest BCUT2D eigenvalue weighted by Crippen LogP contribution is 2.31. The van der Waals surface area contributed by atoms with Crippen molar-refractivity contribution in [3.05, 3.63) is 64.2 Å². The van der Waals surface area contributed by atoms with E-state index in [2.05, 4.69) is 5.32 Å². The van der Waals surface area contributed by atoms with Crippen LogP contribution in [0.15, 0.2) is 48.5 Å². The Labute approximate surface area is 155 Å². The van der Waals surface area contributed by atoms with Gasteiger partial charge in [-0.2, -0.15) is 13.2 Å². The van der Waals surface area contributed by atoms with Gasteiger partial charge in [-0.05, 0) is 30.3 Å². The standard InChI is InChI=1S/C16H13F3N4O5/c17-16(18,19)10-2-1-3-13(8-10)28-9-14(24)21-22-15(25)20-11-4-6-12(7-5-11)23(26)27/h1-8H,9H2,(H,21,24)(H2,20,22,25). The minimum Gasteiger partial charge on any atom is -0.484 e. The van der Waals surface area contributed by atoms with Gasteiger partial charge in [0.15, 0.2) is 6.61 Å². The lowest BCUT2D eigenvalue weighted by Gasteiger charge is -2.11. The maximum absolute atomic E-state index is 12.6. The summed E-state index contributed by atoms with van der Waals surface area (Å²) in [5, 5.41) is 12.8. The van der Waals surface area contributed by atoms with Gasteiger partial charge in [0.2, 0.25) is 0 Å². The maximum Gasteiger partial charge on any atom is 0.416 e. The van der Waals surface area contributed by atoms with E-state index in [-0.39, 0.29) is 17.1 Å². The van der Waals surface area contributed by atoms with Crippen molar-refractivity contribution in [2.24, 2.45) is 0 Å². The largest absolute Gasteiger partial charge is 0.484 e. The number of alkyl halides is 3. The zero-order valence-electron chi connectivity index (χ0n) is 13.9. The highest BCUT2D eigenvalue weighted by molar-refractivity contribution is 5.91. The third-order valence-electron chi connectivity index (χ3n) is 3.18. The molecule has 0 atom stereocenters. The number of nitrogens with one attached hydrogen (secondary N) is 3. The van der Waals surface area contributed by atoms with Crippen molar-refractivity contribution in [3.8, 4) is 5.75 Å². The molecule has 0 radical (unpaired) electrons. The Bertz CT molecular complexity index is 871. The quantitative estimate of drug-likeness (QED) is 0.528. The van der Waals surface area contributed by atoms with Gasteiger partial charge >= 0.3 is 12.2 Å². The van der Waals surface area contributed by atoms with Gasteiger partial charge in [-0.25, -0.2) is 10.2 Å². The van der Waals surface area contributed by atoms with E-state index in [0.29, 0.717) is 0 Å². The lowest BCUT2D eigenvalue weighted by Crippen LogP contribution is -2.45. The molecular formula is C16H13F3N4O5. The highest BCUT2D eigenvalue weighted by atomic mass is 19.4. The van der Waals surface area contributed by atoms with Crippen LogP contribution in [0, 0.1) is 10.1 Å². The molecule has 0 saturated carbocycles. The molecule has 0 aromatic heterocycles. The van der Waals surface area contributed by atoms with Crippen LogP contribution in [0.1, 0.15) is 5.56 Å². The number of nitrogens with zero attached hydrogens (tertiary/aromatic N) is 1. The van der Waals surface area contributed by atoms with E-state index in [1.54, 1.807) is 0 Å². The zero-order valence-corrected chi connectivity index (χ0v) is 13.9. The first kappa shape index (κ1) is 20.5. The van der Waals surface area contributed by atoms with Gasteiger partial charge in [0, 0.05) is 17.8 Å². The summed E-state index contributed by atoms with van der Waals surface area (Å²) in [5.41, 5.74) is 3.14. The van der Waals surface area contributed by atoms with E-state index < -0.39 is 35.2 Å². The molecule has 0 aliphatic rings. The number of ether oxygens (including phenoxy) is 1. The molecule has 3 N–H and O–H groups in total. The van der Waals surface area contributed by atoms with Crippen LogP contribution in [0.25, 0.3) is 0 Å². The molecule has 28 heavy (non-hydrogen) atoms. The first-order valence-corrected chi connectivity index (χ1v) is 7.55. The summed E-state index contributed by atoms with van der Waals surface area (Å²) in [6.45, 7) is -0.640. The Hall–Kier alpha value is -3.83. The third kappa shape index (κ3) is 6.16. The number of urea groups is 1. The molecule has 3 amide bonds. The second-order valence-electron chi connectivity index (χ2n) is 5.25. The number of carbonyl (C=O) groups excluding carboxylic acids is 2. The summed E-state index contributed by atoms with van der Waals surface area (Å²) in [6.07, 6.45) is -4.54. The lowest BCUT2D eigenvalue weighted by atomic mass is 10.2. The van der Waals surface area contributed by atoms with Crippen molar-refractivity contribution >= 4 is 23.3 Å². The van der Waals surface area contributed by atoms with Crippen molar-refractivity contribution in [3.63, 3.8) is 0 Å². The average molecular weight is 398 g/mol. The fourth-order valence-electron chi connectivity index (χ4n) is 1.90. The molecule has 2 rings (SSSR count). The molecule has 2 aromatic rings. The number of non-ortho nitro benzene ring substituents is 1. The normalized spacial score (nSPS) is 10.7. The van der Waals surface area contributed by atoms with Gasteiger partial charge in [-0.15, -0.1) is 0 Å². The Kier molecular flexibility index (Phi) is 6.37. The fourth-order valence-corrected chi connectivity index (χ4v) is 1.90. The number of nitro groups is 1. The number of nitro benzene ring substituents is 1. The Morgan fingerprint density at radius 3 is 2.36 bits per heavy atom. The van der Waals surface area contributed by atoms with Gasteiger partial charge < -0.3 is 10.1 Å². The maximum atomic E-state index is 12.6. The van der Waals surface area contributed by atoms with Crippen LogP contribution >= 0.6 is 0 Å². The topological polar surface area (TPSA) is 123 Å². The van der Waals surface area contributed by atoms with Crippen LogP contribution in [-0.2, 0) is 11.0 Å². The predicted octanol–water partition coefficient (Wildman–Crippen LogP) is 2.85. The van der Waals surface area contributed by atoms with Gasteiger partial charge in [0.05, 0.1) is 10.5 Å². The van der Waals surface area contributed by atoms with Gasteiger partial charge in [-0.1, -0.05) is 6.07 Å². The molecule has 0 unspecified atom stereocenters. The summed E-state index contributed by atoms with van der Waals surface area (Å²) in [4.78, 5) is 33.2. The van der Waals surface area contributed by atoms with Crippen molar-refractivity contribution in [1.82, 2.24) is 10.9 Å². The van der Waals surface area contributed by atoms with Gasteiger partial charge in [-0.3, -0.25) is 20.3 Å². The van der Waals surface area contributed by atoms with E-state index in [1.807, 2.05) is 10.9 Å². The Balaban J connectivity index is 1.77. The number of carbonyl (C=O) groups is 2. The number of hydrogen-bond donors (Lipinski definition) is 3. The lowest BCUT2D eigenvalue weighted by molar-refractivity contribution is -0.384.